The highest BCUT2D eigenvalue weighted by molar-refractivity contribution is 5.69. The van der Waals surface area contributed by atoms with Gasteiger partial charge in [0.2, 0.25) is 0 Å². The second-order valence-electron chi connectivity index (χ2n) is 6.08. The summed E-state index contributed by atoms with van der Waals surface area (Å²) in [7, 11) is 0. The molecule has 2 aliphatic rings. The van der Waals surface area contributed by atoms with E-state index in [1.165, 1.54) is 0 Å². The highest BCUT2D eigenvalue weighted by Gasteiger charge is 2.59. The molecule has 2 saturated heterocycles. The molecule has 2 rings (SSSR count). The average Bonchev–Trinajstić information content (AvgIpc) is 2.51. The van der Waals surface area contributed by atoms with Crippen molar-refractivity contribution in [1.82, 2.24) is 10.6 Å². The summed E-state index contributed by atoms with van der Waals surface area (Å²) in [6.45, 7) is 6.41. The monoisotopic (exact) mass is 260 g/mol. The Labute approximate surface area is 106 Å². The van der Waals surface area contributed by atoms with E-state index in [-0.39, 0.29) is 13.2 Å². The van der Waals surface area contributed by atoms with Crippen LogP contribution in [-0.4, -0.2) is 49.2 Å². The number of carbonyl (C=O) groups is 1. The summed E-state index contributed by atoms with van der Waals surface area (Å²) < 4.78 is 25.1. The van der Waals surface area contributed by atoms with E-state index in [1.54, 1.807) is 20.8 Å². The summed E-state index contributed by atoms with van der Waals surface area (Å²) in [4.78, 5) is 11.8. The highest BCUT2D eigenvalue weighted by atomic mass is 19.1. The predicted molar refractivity (Wildman–Crippen MR) is 64.2 cm³/mol. The SMILES string of the molecule is CC(C)(C)OC(=O)N[C@@]12CCOC[C@]1(F)CNC2. The Bertz CT molecular complexity index is 345. The summed E-state index contributed by atoms with van der Waals surface area (Å²) >= 11 is 0. The third-order valence-corrected chi connectivity index (χ3v) is 3.43. The average molecular weight is 260 g/mol. The number of fused-ring (bicyclic) bond motifs is 1. The minimum Gasteiger partial charge on any atom is -0.444 e. The molecule has 0 aromatic rings. The van der Waals surface area contributed by atoms with E-state index in [4.69, 9.17) is 9.47 Å². The van der Waals surface area contributed by atoms with Gasteiger partial charge in [-0.25, -0.2) is 9.18 Å². The molecular weight excluding hydrogens is 239 g/mol. The summed E-state index contributed by atoms with van der Waals surface area (Å²) in [5.74, 6) is 0. The van der Waals surface area contributed by atoms with Crippen molar-refractivity contribution < 1.29 is 18.7 Å². The van der Waals surface area contributed by atoms with Crippen molar-refractivity contribution in [2.45, 2.75) is 44.0 Å². The Morgan fingerprint density at radius 1 is 1.44 bits per heavy atom. The fraction of sp³-hybridized carbons (Fsp3) is 0.917. The van der Waals surface area contributed by atoms with Crippen molar-refractivity contribution in [2.24, 2.45) is 0 Å². The first-order valence-corrected chi connectivity index (χ1v) is 6.25. The van der Waals surface area contributed by atoms with Crippen molar-refractivity contribution in [3.05, 3.63) is 0 Å². The Morgan fingerprint density at radius 3 is 2.83 bits per heavy atom. The van der Waals surface area contributed by atoms with Gasteiger partial charge < -0.3 is 20.1 Å². The maximum absolute atomic E-state index is 14.7. The molecule has 0 bridgehead atoms. The first kappa shape index (κ1) is 13.5. The van der Waals surface area contributed by atoms with Crippen LogP contribution in [0.15, 0.2) is 0 Å². The maximum Gasteiger partial charge on any atom is 0.408 e. The van der Waals surface area contributed by atoms with E-state index in [0.29, 0.717) is 19.6 Å². The molecule has 18 heavy (non-hydrogen) atoms. The van der Waals surface area contributed by atoms with Gasteiger partial charge in [-0.1, -0.05) is 0 Å². The Morgan fingerprint density at radius 2 is 2.17 bits per heavy atom. The number of carbonyl (C=O) groups excluding carboxylic acids is 1. The molecule has 0 aliphatic carbocycles. The fourth-order valence-corrected chi connectivity index (χ4v) is 2.50. The van der Waals surface area contributed by atoms with Crippen LogP contribution in [0.4, 0.5) is 9.18 Å². The van der Waals surface area contributed by atoms with Gasteiger partial charge in [-0.3, -0.25) is 0 Å². The van der Waals surface area contributed by atoms with Gasteiger partial charge in [0.05, 0.1) is 12.1 Å². The molecule has 0 spiro atoms. The van der Waals surface area contributed by atoms with E-state index in [0.717, 1.165) is 0 Å². The lowest BCUT2D eigenvalue weighted by Crippen LogP contribution is -2.66. The topological polar surface area (TPSA) is 59.6 Å². The molecule has 2 atom stereocenters. The first-order chi connectivity index (χ1) is 8.27. The van der Waals surface area contributed by atoms with Crippen LogP contribution in [0.5, 0.6) is 0 Å². The zero-order valence-corrected chi connectivity index (χ0v) is 11.1. The second kappa shape index (κ2) is 4.35. The van der Waals surface area contributed by atoms with Gasteiger partial charge in [-0.15, -0.1) is 0 Å². The predicted octanol–water partition coefficient (Wildman–Crippen LogP) is 0.982. The number of halogens is 1. The second-order valence-corrected chi connectivity index (χ2v) is 6.08. The molecule has 0 aromatic carbocycles. The number of alkyl halides is 1. The Balaban J connectivity index is 2.08. The molecule has 5 nitrogen and oxygen atoms in total. The van der Waals surface area contributed by atoms with Gasteiger partial charge in [-0.05, 0) is 27.2 Å². The van der Waals surface area contributed by atoms with Crippen molar-refractivity contribution in [2.75, 3.05) is 26.3 Å². The summed E-state index contributed by atoms with van der Waals surface area (Å²) in [5.41, 5.74) is -3.05. The molecule has 2 N–H and O–H groups in total. The zero-order chi connectivity index (χ0) is 13.4. The third kappa shape index (κ3) is 2.44. The largest absolute Gasteiger partial charge is 0.444 e. The van der Waals surface area contributed by atoms with Crippen LogP contribution in [0.2, 0.25) is 0 Å². The molecule has 104 valence electrons. The van der Waals surface area contributed by atoms with Crippen LogP contribution < -0.4 is 10.6 Å². The van der Waals surface area contributed by atoms with E-state index in [9.17, 15) is 9.18 Å². The van der Waals surface area contributed by atoms with E-state index in [2.05, 4.69) is 10.6 Å². The molecule has 0 aromatic heterocycles. The lowest BCUT2D eigenvalue weighted by Gasteiger charge is -2.43. The number of alkyl carbamates (subject to hydrolysis) is 1. The van der Waals surface area contributed by atoms with E-state index in [1.807, 2.05) is 0 Å². The summed E-state index contributed by atoms with van der Waals surface area (Å²) in [6, 6.07) is 0. The molecular formula is C12H21FN2O3. The summed E-state index contributed by atoms with van der Waals surface area (Å²) in [6.07, 6.45) is -0.120. The lowest BCUT2D eigenvalue weighted by atomic mass is 9.80. The van der Waals surface area contributed by atoms with Crippen molar-refractivity contribution in [1.29, 1.82) is 0 Å². The fourth-order valence-electron chi connectivity index (χ4n) is 2.50. The third-order valence-electron chi connectivity index (χ3n) is 3.43. The van der Waals surface area contributed by atoms with E-state index < -0.39 is 22.9 Å². The molecule has 2 aliphatic heterocycles. The van der Waals surface area contributed by atoms with Crippen molar-refractivity contribution in [3.8, 4) is 0 Å². The summed E-state index contributed by atoms with van der Waals surface area (Å²) in [5, 5.41) is 5.70. The molecule has 2 heterocycles. The molecule has 1 amide bonds. The number of hydrogen-bond donors (Lipinski definition) is 2. The number of rotatable bonds is 1. The molecule has 0 radical (unpaired) electrons. The molecule has 0 saturated carbocycles. The van der Waals surface area contributed by atoms with Crippen molar-refractivity contribution in [3.63, 3.8) is 0 Å². The van der Waals surface area contributed by atoms with Crippen LogP contribution in [0.1, 0.15) is 27.2 Å². The Kier molecular flexibility index (Phi) is 3.27. The van der Waals surface area contributed by atoms with Gasteiger partial charge in [0, 0.05) is 19.7 Å². The van der Waals surface area contributed by atoms with Crippen LogP contribution in [0.3, 0.4) is 0 Å². The highest BCUT2D eigenvalue weighted by Crippen LogP contribution is 2.37. The van der Waals surface area contributed by atoms with Crippen LogP contribution in [-0.2, 0) is 9.47 Å². The van der Waals surface area contributed by atoms with E-state index >= 15 is 0 Å². The standard InChI is InChI=1S/C12H21FN2O3/c1-10(2,3)18-9(16)15-12-4-5-17-8-11(12,13)6-14-7-12/h14H,4-8H2,1-3H3,(H,15,16)/t11-,12-/m1/s1. The smallest absolute Gasteiger partial charge is 0.408 e. The van der Waals surface area contributed by atoms with Crippen LogP contribution in [0, 0.1) is 0 Å². The van der Waals surface area contributed by atoms with Gasteiger partial charge in [0.1, 0.15) is 5.60 Å². The Hall–Kier alpha value is -0.880. The molecule has 0 unspecified atom stereocenters. The number of amides is 1. The van der Waals surface area contributed by atoms with Crippen LogP contribution in [0.25, 0.3) is 0 Å². The number of hydrogen-bond acceptors (Lipinski definition) is 4. The maximum atomic E-state index is 14.7. The van der Waals surface area contributed by atoms with Gasteiger partial charge >= 0.3 is 6.09 Å². The minimum atomic E-state index is -1.55. The lowest BCUT2D eigenvalue weighted by molar-refractivity contribution is -0.0752. The van der Waals surface area contributed by atoms with Gasteiger partial charge in [0.15, 0.2) is 5.67 Å². The van der Waals surface area contributed by atoms with Crippen molar-refractivity contribution >= 4 is 6.09 Å². The number of ether oxygens (including phenoxy) is 2. The molecule has 6 heteroatoms. The minimum absolute atomic E-state index is 0.00972. The number of nitrogens with one attached hydrogen (secondary N) is 2. The van der Waals surface area contributed by atoms with Crippen LogP contribution >= 0.6 is 0 Å². The van der Waals surface area contributed by atoms with Gasteiger partial charge in [0.25, 0.3) is 0 Å². The molecule has 2 fully saturated rings. The normalized spacial score (nSPS) is 36.0. The first-order valence-electron chi connectivity index (χ1n) is 6.25. The quantitative estimate of drug-likeness (QED) is 0.738. The van der Waals surface area contributed by atoms with Gasteiger partial charge in [-0.2, -0.15) is 0 Å². The zero-order valence-electron chi connectivity index (χ0n) is 11.1.